The molecule has 0 spiro atoms. The number of nitrogens with one attached hydrogen (secondary N) is 2. The summed E-state index contributed by atoms with van der Waals surface area (Å²) in [5.41, 5.74) is 2.93. The van der Waals surface area contributed by atoms with Gasteiger partial charge in [0, 0.05) is 25.5 Å². The monoisotopic (exact) mass is 260 g/mol. The van der Waals surface area contributed by atoms with E-state index in [1.54, 1.807) is 18.2 Å². The number of hydrogen-bond donors (Lipinski definition) is 4. The molecule has 0 aliphatic heterocycles. The minimum Gasteiger partial charge on any atom is -0.508 e. The largest absolute Gasteiger partial charge is 0.508 e. The lowest BCUT2D eigenvalue weighted by molar-refractivity contribution is 0.471. The molecule has 0 amide bonds. The van der Waals surface area contributed by atoms with Crippen molar-refractivity contribution in [2.45, 2.75) is 6.92 Å². The Balaban J connectivity index is 0.000000191. The first kappa shape index (κ1) is 14.7. The van der Waals surface area contributed by atoms with Gasteiger partial charge in [0.2, 0.25) is 0 Å². The number of hydrogen-bond acceptors (Lipinski definition) is 4. The molecule has 2 rings (SSSR count). The highest BCUT2D eigenvalue weighted by molar-refractivity contribution is 5.49. The molecule has 0 fully saturated rings. The molecule has 2 aromatic carbocycles. The third kappa shape index (κ3) is 4.79. The number of benzene rings is 2. The fourth-order valence-electron chi connectivity index (χ4n) is 1.44. The van der Waals surface area contributed by atoms with Crippen molar-refractivity contribution in [2.75, 3.05) is 24.7 Å². The van der Waals surface area contributed by atoms with Gasteiger partial charge < -0.3 is 20.8 Å². The molecule has 0 aliphatic rings. The topological polar surface area (TPSA) is 64.5 Å². The zero-order chi connectivity index (χ0) is 14.3. The Morgan fingerprint density at radius 2 is 1.32 bits per heavy atom. The maximum Gasteiger partial charge on any atom is 0.118 e. The second-order valence-electron chi connectivity index (χ2n) is 4.05. The lowest BCUT2D eigenvalue weighted by Gasteiger charge is -2.01. The van der Waals surface area contributed by atoms with Gasteiger partial charge in [0.05, 0.1) is 0 Å². The van der Waals surface area contributed by atoms with E-state index in [0.29, 0.717) is 11.5 Å². The third-order valence-corrected chi connectivity index (χ3v) is 2.64. The van der Waals surface area contributed by atoms with Gasteiger partial charge in [-0.15, -0.1) is 0 Å². The zero-order valence-corrected chi connectivity index (χ0v) is 11.4. The van der Waals surface area contributed by atoms with Gasteiger partial charge in [-0.2, -0.15) is 0 Å². The molecule has 0 radical (unpaired) electrons. The fourth-order valence-corrected chi connectivity index (χ4v) is 1.44. The first-order valence-electron chi connectivity index (χ1n) is 6.01. The van der Waals surface area contributed by atoms with Crippen molar-refractivity contribution in [3.63, 3.8) is 0 Å². The highest BCUT2D eigenvalue weighted by atomic mass is 16.3. The van der Waals surface area contributed by atoms with Crippen molar-refractivity contribution >= 4 is 11.4 Å². The van der Waals surface area contributed by atoms with Crippen LogP contribution in [-0.4, -0.2) is 24.3 Å². The smallest absolute Gasteiger partial charge is 0.118 e. The van der Waals surface area contributed by atoms with Crippen molar-refractivity contribution in [1.29, 1.82) is 0 Å². The molecule has 19 heavy (non-hydrogen) atoms. The molecule has 0 atom stereocenters. The Morgan fingerprint density at radius 3 is 1.79 bits per heavy atom. The number of rotatable bonds is 2. The van der Waals surface area contributed by atoms with Crippen LogP contribution < -0.4 is 10.6 Å². The number of phenolic OH excluding ortho intramolecular Hbond substituents is 2. The predicted molar refractivity (Wildman–Crippen MR) is 80.0 cm³/mol. The van der Waals surface area contributed by atoms with E-state index in [1.165, 1.54) is 0 Å². The Hall–Kier alpha value is -2.36. The molecule has 2 aromatic rings. The van der Waals surface area contributed by atoms with Crippen molar-refractivity contribution in [1.82, 2.24) is 0 Å². The summed E-state index contributed by atoms with van der Waals surface area (Å²) in [6.07, 6.45) is 0. The summed E-state index contributed by atoms with van der Waals surface area (Å²) in [6, 6.07) is 12.3. The summed E-state index contributed by atoms with van der Waals surface area (Å²) in [7, 11) is 3.69. The molecule has 0 heterocycles. The lowest BCUT2D eigenvalue weighted by Crippen LogP contribution is -1.87. The van der Waals surface area contributed by atoms with Gasteiger partial charge in [0.1, 0.15) is 11.5 Å². The highest BCUT2D eigenvalue weighted by Gasteiger charge is 1.94. The number of anilines is 2. The van der Waals surface area contributed by atoms with Crippen LogP contribution in [0.5, 0.6) is 11.5 Å². The zero-order valence-electron chi connectivity index (χ0n) is 11.4. The van der Waals surface area contributed by atoms with Crippen LogP contribution in [0.4, 0.5) is 11.4 Å². The van der Waals surface area contributed by atoms with E-state index in [9.17, 15) is 0 Å². The van der Waals surface area contributed by atoms with Gasteiger partial charge in [0.15, 0.2) is 0 Å². The van der Waals surface area contributed by atoms with Crippen LogP contribution in [0, 0.1) is 6.92 Å². The minimum atomic E-state index is 0.300. The van der Waals surface area contributed by atoms with E-state index >= 15 is 0 Å². The molecule has 0 aromatic heterocycles. The third-order valence-electron chi connectivity index (χ3n) is 2.64. The van der Waals surface area contributed by atoms with Crippen LogP contribution in [0.15, 0.2) is 42.5 Å². The van der Waals surface area contributed by atoms with Gasteiger partial charge >= 0.3 is 0 Å². The van der Waals surface area contributed by atoms with E-state index in [-0.39, 0.29) is 0 Å². The van der Waals surface area contributed by atoms with Crippen molar-refractivity contribution in [3.05, 3.63) is 48.0 Å². The number of phenols is 2. The van der Waals surface area contributed by atoms with Crippen LogP contribution in [-0.2, 0) is 0 Å². The van der Waals surface area contributed by atoms with Gasteiger partial charge in [-0.05, 0) is 55.0 Å². The summed E-state index contributed by atoms with van der Waals surface area (Å²) in [5, 5.41) is 23.9. The molecule has 4 nitrogen and oxygen atoms in total. The summed E-state index contributed by atoms with van der Waals surface area (Å²) < 4.78 is 0. The van der Waals surface area contributed by atoms with E-state index in [1.807, 2.05) is 45.3 Å². The summed E-state index contributed by atoms with van der Waals surface area (Å²) in [6.45, 7) is 1.87. The van der Waals surface area contributed by atoms with E-state index < -0.39 is 0 Å². The summed E-state index contributed by atoms with van der Waals surface area (Å²) >= 11 is 0. The standard InChI is InChI=1S/C8H11NO.C7H9NO/c1-6-5-7(9-2)3-4-8(6)10;1-8-6-2-4-7(9)5-3-6/h3-5,9-10H,1-2H3;2-5,8-9H,1H3. The number of aromatic hydroxyl groups is 2. The molecule has 4 heteroatoms. The average Bonchev–Trinajstić information content (AvgIpc) is 2.43. The van der Waals surface area contributed by atoms with Crippen LogP contribution in [0.2, 0.25) is 0 Å². The molecule has 0 saturated heterocycles. The summed E-state index contributed by atoms with van der Waals surface area (Å²) in [5.74, 6) is 0.646. The van der Waals surface area contributed by atoms with Crippen molar-refractivity contribution < 1.29 is 10.2 Å². The van der Waals surface area contributed by atoms with Gasteiger partial charge in [0.25, 0.3) is 0 Å². The number of aryl methyl sites for hydroxylation is 1. The van der Waals surface area contributed by atoms with E-state index in [0.717, 1.165) is 16.9 Å². The fraction of sp³-hybridized carbons (Fsp3) is 0.200. The van der Waals surface area contributed by atoms with E-state index in [2.05, 4.69) is 10.6 Å². The normalized spacial score (nSPS) is 9.21. The Kier molecular flexibility index (Phi) is 5.54. The molecule has 0 bridgehead atoms. The minimum absolute atomic E-state index is 0.300. The lowest BCUT2D eigenvalue weighted by atomic mass is 10.2. The second-order valence-corrected chi connectivity index (χ2v) is 4.05. The Labute approximate surface area is 113 Å². The van der Waals surface area contributed by atoms with Crippen molar-refractivity contribution in [3.8, 4) is 11.5 Å². The average molecular weight is 260 g/mol. The quantitative estimate of drug-likeness (QED) is 0.626. The molecular formula is C15H20N2O2. The van der Waals surface area contributed by atoms with Crippen LogP contribution in [0.25, 0.3) is 0 Å². The van der Waals surface area contributed by atoms with Crippen LogP contribution in [0.3, 0.4) is 0 Å². The molecule has 0 unspecified atom stereocenters. The van der Waals surface area contributed by atoms with Crippen molar-refractivity contribution in [2.24, 2.45) is 0 Å². The molecule has 0 aliphatic carbocycles. The van der Waals surface area contributed by atoms with Gasteiger partial charge in [-0.1, -0.05) is 0 Å². The molecule has 4 N–H and O–H groups in total. The van der Waals surface area contributed by atoms with Gasteiger partial charge in [-0.25, -0.2) is 0 Å². The summed E-state index contributed by atoms with van der Waals surface area (Å²) in [4.78, 5) is 0. The first-order chi connectivity index (χ1) is 9.06. The Morgan fingerprint density at radius 1 is 0.789 bits per heavy atom. The SMILES string of the molecule is CNc1ccc(O)c(C)c1.CNc1ccc(O)cc1. The maximum atomic E-state index is 9.11. The second kappa shape index (κ2) is 7.16. The molecular weight excluding hydrogens is 240 g/mol. The first-order valence-corrected chi connectivity index (χ1v) is 6.01. The molecule has 102 valence electrons. The van der Waals surface area contributed by atoms with Crippen LogP contribution in [0.1, 0.15) is 5.56 Å². The Bertz CT molecular complexity index is 510. The predicted octanol–water partition coefficient (Wildman–Crippen LogP) is 3.18. The van der Waals surface area contributed by atoms with Gasteiger partial charge in [-0.3, -0.25) is 0 Å². The molecule has 0 saturated carbocycles. The highest BCUT2D eigenvalue weighted by Crippen LogP contribution is 2.19. The van der Waals surface area contributed by atoms with Crippen LogP contribution >= 0.6 is 0 Å². The van der Waals surface area contributed by atoms with E-state index in [4.69, 9.17) is 10.2 Å². The maximum absolute atomic E-state index is 9.11.